The van der Waals surface area contributed by atoms with Gasteiger partial charge in [0.15, 0.2) is 0 Å². The van der Waals surface area contributed by atoms with E-state index in [4.69, 9.17) is 0 Å². The summed E-state index contributed by atoms with van der Waals surface area (Å²) in [7, 11) is 0. The maximum atomic E-state index is 4.57. The lowest BCUT2D eigenvalue weighted by Gasteiger charge is -2.12. The molecule has 19 heavy (non-hydrogen) atoms. The Hall–Kier alpha value is -1.32. The van der Waals surface area contributed by atoms with E-state index >= 15 is 0 Å². The molecule has 0 spiro atoms. The van der Waals surface area contributed by atoms with Crippen LogP contribution in [-0.4, -0.2) is 22.6 Å². The number of nitrogens with zero attached hydrogens (tertiary/aromatic N) is 2. The van der Waals surface area contributed by atoms with Crippen molar-refractivity contribution in [3.05, 3.63) is 11.8 Å². The van der Waals surface area contributed by atoms with E-state index in [0.717, 1.165) is 47.7 Å². The Bertz CT molecular complexity index is 485. The largest absolute Gasteiger partial charge is 0.367 e. The molecule has 3 aliphatic rings. The Balaban J connectivity index is 1.49. The van der Waals surface area contributed by atoms with E-state index in [1.54, 1.807) is 0 Å². The van der Waals surface area contributed by atoms with Crippen molar-refractivity contribution in [1.29, 1.82) is 0 Å². The Morgan fingerprint density at radius 1 is 1.21 bits per heavy atom. The molecule has 0 aliphatic heterocycles. The monoisotopic (exact) mass is 258 g/mol. The number of nitrogens with one attached hydrogen (secondary N) is 2. The molecule has 0 aromatic carbocycles. The zero-order chi connectivity index (χ0) is 13.0. The van der Waals surface area contributed by atoms with Gasteiger partial charge in [0, 0.05) is 24.3 Å². The average molecular weight is 258 g/mol. The summed E-state index contributed by atoms with van der Waals surface area (Å²) in [5.41, 5.74) is 1.03. The van der Waals surface area contributed by atoms with Crippen LogP contribution in [0.5, 0.6) is 0 Å². The first-order chi connectivity index (χ1) is 9.26. The standard InChI is InChI=1S/C15H22N4/c1-3-16-15-17-8(2)6-11(19-15)18-14-12-9-4-5-10(7-9)13(12)14/h6,9-10,12-14H,3-5,7H2,1-2H3,(H2,16,17,18,19). The molecule has 4 atom stereocenters. The van der Waals surface area contributed by atoms with Gasteiger partial charge in [0.05, 0.1) is 0 Å². The summed E-state index contributed by atoms with van der Waals surface area (Å²) in [4.78, 5) is 8.97. The highest BCUT2D eigenvalue weighted by molar-refractivity contribution is 5.45. The van der Waals surface area contributed by atoms with Gasteiger partial charge in [0.1, 0.15) is 5.82 Å². The minimum atomic E-state index is 0.690. The fourth-order valence-electron chi connectivity index (χ4n) is 4.57. The Morgan fingerprint density at radius 3 is 2.63 bits per heavy atom. The van der Waals surface area contributed by atoms with Gasteiger partial charge >= 0.3 is 0 Å². The van der Waals surface area contributed by atoms with Crippen LogP contribution in [0.2, 0.25) is 0 Å². The smallest absolute Gasteiger partial charge is 0.224 e. The zero-order valence-corrected chi connectivity index (χ0v) is 11.7. The van der Waals surface area contributed by atoms with Gasteiger partial charge in [-0.2, -0.15) is 4.98 Å². The fraction of sp³-hybridized carbons (Fsp3) is 0.733. The molecular weight excluding hydrogens is 236 g/mol. The molecule has 4 nitrogen and oxygen atoms in total. The van der Waals surface area contributed by atoms with Crippen molar-refractivity contribution in [2.45, 2.75) is 39.2 Å². The molecule has 1 aromatic rings. The maximum absolute atomic E-state index is 4.57. The van der Waals surface area contributed by atoms with Crippen molar-refractivity contribution in [3.63, 3.8) is 0 Å². The van der Waals surface area contributed by atoms with Crippen LogP contribution < -0.4 is 10.6 Å². The molecule has 4 heteroatoms. The number of aromatic nitrogens is 2. The number of fused-ring (bicyclic) bond motifs is 5. The summed E-state index contributed by atoms with van der Waals surface area (Å²) in [6.45, 7) is 4.97. The molecule has 4 unspecified atom stereocenters. The molecule has 2 N–H and O–H groups in total. The van der Waals surface area contributed by atoms with Gasteiger partial charge < -0.3 is 10.6 Å². The number of anilines is 2. The molecule has 2 bridgehead atoms. The molecule has 0 amide bonds. The van der Waals surface area contributed by atoms with Crippen LogP contribution in [0, 0.1) is 30.6 Å². The van der Waals surface area contributed by atoms with Crippen molar-refractivity contribution in [2.75, 3.05) is 17.2 Å². The van der Waals surface area contributed by atoms with Crippen molar-refractivity contribution in [1.82, 2.24) is 9.97 Å². The van der Waals surface area contributed by atoms with Gasteiger partial charge in [0.2, 0.25) is 5.95 Å². The lowest BCUT2D eigenvalue weighted by Crippen LogP contribution is -2.15. The summed E-state index contributed by atoms with van der Waals surface area (Å²) < 4.78 is 0. The van der Waals surface area contributed by atoms with Crippen LogP contribution in [0.25, 0.3) is 0 Å². The molecule has 0 radical (unpaired) electrons. The first-order valence-corrected chi connectivity index (χ1v) is 7.62. The summed E-state index contributed by atoms with van der Waals surface area (Å²) in [5, 5.41) is 6.87. The summed E-state index contributed by atoms with van der Waals surface area (Å²) >= 11 is 0. The second-order valence-electron chi connectivity index (χ2n) is 6.41. The van der Waals surface area contributed by atoms with Crippen molar-refractivity contribution in [2.24, 2.45) is 23.7 Å². The molecule has 1 aromatic heterocycles. The van der Waals surface area contributed by atoms with Gasteiger partial charge in [-0.3, -0.25) is 0 Å². The second-order valence-corrected chi connectivity index (χ2v) is 6.41. The molecule has 4 rings (SSSR count). The Morgan fingerprint density at radius 2 is 1.95 bits per heavy atom. The van der Waals surface area contributed by atoms with Crippen LogP contribution in [0.4, 0.5) is 11.8 Å². The predicted octanol–water partition coefficient (Wildman–Crippen LogP) is 2.67. The highest BCUT2D eigenvalue weighted by Gasteiger charge is 2.65. The van der Waals surface area contributed by atoms with E-state index in [1.807, 2.05) is 6.92 Å². The van der Waals surface area contributed by atoms with Crippen molar-refractivity contribution < 1.29 is 0 Å². The topological polar surface area (TPSA) is 49.8 Å². The summed E-state index contributed by atoms with van der Waals surface area (Å²) in [6.07, 6.45) is 4.43. The third kappa shape index (κ3) is 1.80. The highest BCUT2D eigenvalue weighted by atomic mass is 15.2. The minimum Gasteiger partial charge on any atom is -0.367 e. The third-order valence-electron chi connectivity index (χ3n) is 5.24. The summed E-state index contributed by atoms with van der Waals surface area (Å²) in [6, 6.07) is 2.76. The quantitative estimate of drug-likeness (QED) is 0.871. The SMILES string of the molecule is CCNc1nc(C)cc(NC2C3C4CCC(C4)C23)n1. The van der Waals surface area contributed by atoms with E-state index < -0.39 is 0 Å². The Labute approximate surface area is 114 Å². The van der Waals surface area contributed by atoms with Gasteiger partial charge in [-0.1, -0.05) is 0 Å². The minimum absolute atomic E-state index is 0.690. The molecule has 3 fully saturated rings. The van der Waals surface area contributed by atoms with Crippen molar-refractivity contribution >= 4 is 11.8 Å². The lowest BCUT2D eigenvalue weighted by molar-refractivity contribution is 0.456. The van der Waals surface area contributed by atoms with Crippen LogP contribution in [0.15, 0.2) is 6.07 Å². The summed E-state index contributed by atoms with van der Waals surface area (Å²) in [5.74, 6) is 5.64. The average Bonchev–Trinajstić information content (AvgIpc) is 2.78. The zero-order valence-electron chi connectivity index (χ0n) is 11.7. The van der Waals surface area contributed by atoms with E-state index in [-0.39, 0.29) is 0 Å². The molecule has 3 aliphatic carbocycles. The lowest BCUT2D eigenvalue weighted by atomic mass is 10.0. The van der Waals surface area contributed by atoms with Gasteiger partial charge in [-0.05, 0) is 56.8 Å². The normalized spacial score (nSPS) is 38.1. The highest BCUT2D eigenvalue weighted by Crippen LogP contribution is 2.66. The molecule has 1 heterocycles. The Kier molecular flexibility index (Phi) is 2.47. The molecule has 3 saturated carbocycles. The first kappa shape index (κ1) is 11.5. The van der Waals surface area contributed by atoms with Crippen LogP contribution in [0.1, 0.15) is 31.9 Å². The van der Waals surface area contributed by atoms with Gasteiger partial charge in [-0.25, -0.2) is 4.98 Å². The van der Waals surface area contributed by atoms with Crippen LogP contribution in [0.3, 0.4) is 0 Å². The van der Waals surface area contributed by atoms with Crippen LogP contribution in [-0.2, 0) is 0 Å². The third-order valence-corrected chi connectivity index (χ3v) is 5.24. The van der Waals surface area contributed by atoms with Gasteiger partial charge in [0.25, 0.3) is 0 Å². The van der Waals surface area contributed by atoms with Crippen LogP contribution >= 0.6 is 0 Å². The fourth-order valence-corrected chi connectivity index (χ4v) is 4.57. The van der Waals surface area contributed by atoms with E-state index in [1.165, 1.54) is 19.3 Å². The predicted molar refractivity (Wildman–Crippen MR) is 76.2 cm³/mol. The number of hydrogen-bond donors (Lipinski definition) is 2. The number of aryl methyl sites for hydroxylation is 1. The molecular formula is C15H22N4. The van der Waals surface area contributed by atoms with E-state index in [2.05, 4.69) is 33.6 Å². The number of hydrogen-bond acceptors (Lipinski definition) is 4. The second kappa shape index (κ2) is 4.09. The van der Waals surface area contributed by atoms with Gasteiger partial charge in [-0.15, -0.1) is 0 Å². The maximum Gasteiger partial charge on any atom is 0.224 e. The number of rotatable bonds is 4. The molecule has 0 saturated heterocycles. The van der Waals surface area contributed by atoms with Crippen molar-refractivity contribution in [3.8, 4) is 0 Å². The molecule has 102 valence electrons. The van der Waals surface area contributed by atoms with E-state index in [0.29, 0.717) is 6.04 Å². The van der Waals surface area contributed by atoms with E-state index in [9.17, 15) is 0 Å². The first-order valence-electron chi connectivity index (χ1n) is 7.62.